The Kier molecular flexibility index (Phi) is 4.47. The van der Waals surface area contributed by atoms with Gasteiger partial charge in [0, 0.05) is 23.4 Å². The van der Waals surface area contributed by atoms with E-state index in [1.54, 1.807) is 11.3 Å². The summed E-state index contributed by atoms with van der Waals surface area (Å²) in [4.78, 5) is 2.54. The van der Waals surface area contributed by atoms with E-state index in [0.717, 1.165) is 43.9 Å². The highest BCUT2D eigenvalue weighted by molar-refractivity contribution is 7.08. The number of nitrogens with zero attached hydrogens (tertiary/aromatic N) is 3. The Morgan fingerprint density at radius 3 is 2.70 bits per heavy atom. The maximum absolute atomic E-state index is 5.94. The first kappa shape index (κ1) is 16.7. The van der Waals surface area contributed by atoms with E-state index in [2.05, 4.69) is 57.6 Å². The van der Waals surface area contributed by atoms with E-state index in [-0.39, 0.29) is 0 Å². The van der Waals surface area contributed by atoms with Gasteiger partial charge in [-0.2, -0.15) is 11.3 Å². The van der Waals surface area contributed by atoms with Gasteiger partial charge in [0.1, 0.15) is 0 Å². The Morgan fingerprint density at radius 2 is 1.85 bits per heavy atom. The smallest absolute Gasteiger partial charge is 0.248 e. The molecule has 0 atom stereocenters. The lowest BCUT2D eigenvalue weighted by molar-refractivity contribution is 0.194. The standard InChI is InChI=1S/C22H21N3OS/c1-2-7-20-16(4-1)5-3-6-18(20)14-25-11-8-17(9-12-25)21-23-24-22(26-21)19-10-13-27-15-19/h1-7,10,13,15,17H,8-9,11-12,14H2. The molecule has 0 spiro atoms. The van der Waals surface area contributed by atoms with Crippen molar-refractivity contribution in [1.29, 1.82) is 0 Å². The monoisotopic (exact) mass is 375 g/mol. The zero-order chi connectivity index (χ0) is 18.1. The van der Waals surface area contributed by atoms with Crippen LogP contribution < -0.4 is 0 Å². The molecule has 0 aliphatic carbocycles. The highest BCUT2D eigenvalue weighted by atomic mass is 32.1. The zero-order valence-electron chi connectivity index (χ0n) is 15.0. The number of likely N-dealkylation sites (tertiary alicyclic amines) is 1. The summed E-state index contributed by atoms with van der Waals surface area (Å²) in [5.41, 5.74) is 2.43. The summed E-state index contributed by atoms with van der Waals surface area (Å²) in [6.45, 7) is 3.12. The van der Waals surface area contributed by atoms with E-state index in [4.69, 9.17) is 4.42 Å². The molecule has 27 heavy (non-hydrogen) atoms. The molecule has 0 bridgehead atoms. The first-order valence-corrected chi connectivity index (χ1v) is 10.4. The van der Waals surface area contributed by atoms with Crippen LogP contribution in [0.15, 0.2) is 63.7 Å². The number of benzene rings is 2. The van der Waals surface area contributed by atoms with Gasteiger partial charge in [0.05, 0.1) is 0 Å². The number of hydrogen-bond donors (Lipinski definition) is 0. The lowest BCUT2D eigenvalue weighted by Gasteiger charge is -2.30. The highest BCUT2D eigenvalue weighted by Crippen LogP contribution is 2.31. The van der Waals surface area contributed by atoms with Crippen molar-refractivity contribution in [2.45, 2.75) is 25.3 Å². The first-order chi connectivity index (χ1) is 13.4. The van der Waals surface area contributed by atoms with Crippen molar-refractivity contribution in [1.82, 2.24) is 15.1 Å². The highest BCUT2D eigenvalue weighted by Gasteiger charge is 2.25. The van der Waals surface area contributed by atoms with E-state index in [1.807, 2.05) is 16.8 Å². The number of hydrogen-bond acceptors (Lipinski definition) is 5. The van der Waals surface area contributed by atoms with Gasteiger partial charge < -0.3 is 4.42 Å². The number of thiophene rings is 1. The van der Waals surface area contributed by atoms with Gasteiger partial charge in [-0.05, 0) is 53.7 Å². The molecule has 136 valence electrons. The van der Waals surface area contributed by atoms with Crippen molar-refractivity contribution in [2.24, 2.45) is 0 Å². The van der Waals surface area contributed by atoms with E-state index >= 15 is 0 Å². The molecule has 0 unspecified atom stereocenters. The third kappa shape index (κ3) is 3.40. The Hall–Kier alpha value is -2.50. The minimum Gasteiger partial charge on any atom is -0.420 e. The van der Waals surface area contributed by atoms with Crippen LogP contribution in [0.1, 0.15) is 30.2 Å². The van der Waals surface area contributed by atoms with Gasteiger partial charge in [-0.1, -0.05) is 42.5 Å². The molecule has 0 saturated carbocycles. The number of aromatic nitrogens is 2. The molecule has 0 radical (unpaired) electrons. The summed E-state index contributed by atoms with van der Waals surface area (Å²) >= 11 is 1.65. The van der Waals surface area contributed by atoms with Gasteiger partial charge >= 0.3 is 0 Å². The molecule has 3 heterocycles. The maximum Gasteiger partial charge on any atom is 0.248 e. The number of fused-ring (bicyclic) bond motifs is 1. The molecule has 5 heteroatoms. The number of rotatable bonds is 4. The van der Waals surface area contributed by atoms with Crippen LogP contribution in [0.3, 0.4) is 0 Å². The summed E-state index contributed by atoms with van der Waals surface area (Å²) < 4.78 is 5.94. The molecular weight excluding hydrogens is 354 g/mol. The Morgan fingerprint density at radius 1 is 1.00 bits per heavy atom. The lowest BCUT2D eigenvalue weighted by Crippen LogP contribution is -2.32. The molecule has 4 nitrogen and oxygen atoms in total. The average molecular weight is 375 g/mol. The van der Waals surface area contributed by atoms with Gasteiger partial charge in [0.25, 0.3) is 0 Å². The average Bonchev–Trinajstić information content (AvgIpc) is 3.41. The van der Waals surface area contributed by atoms with E-state index in [0.29, 0.717) is 11.8 Å². The van der Waals surface area contributed by atoms with Gasteiger partial charge in [-0.25, -0.2) is 0 Å². The third-order valence-electron chi connectivity index (χ3n) is 5.42. The van der Waals surface area contributed by atoms with E-state index in [9.17, 15) is 0 Å². The van der Waals surface area contributed by atoms with Crippen LogP contribution in [0.4, 0.5) is 0 Å². The van der Waals surface area contributed by atoms with Crippen LogP contribution in [0.5, 0.6) is 0 Å². The van der Waals surface area contributed by atoms with Crippen LogP contribution in [0, 0.1) is 0 Å². The molecular formula is C22H21N3OS. The summed E-state index contributed by atoms with van der Waals surface area (Å²) in [5, 5.41) is 15.3. The second-order valence-electron chi connectivity index (χ2n) is 7.15. The Labute approximate surface area is 162 Å². The van der Waals surface area contributed by atoms with Crippen molar-refractivity contribution in [3.8, 4) is 11.5 Å². The van der Waals surface area contributed by atoms with Gasteiger partial charge in [-0.15, -0.1) is 10.2 Å². The lowest BCUT2D eigenvalue weighted by atomic mass is 9.96. The van der Waals surface area contributed by atoms with Crippen molar-refractivity contribution in [3.05, 3.63) is 70.7 Å². The fourth-order valence-electron chi connectivity index (χ4n) is 3.91. The SMILES string of the molecule is c1ccc2c(CN3CCC(c4nnc(-c5ccsc5)o4)CC3)cccc2c1. The third-order valence-corrected chi connectivity index (χ3v) is 6.10. The van der Waals surface area contributed by atoms with Crippen molar-refractivity contribution in [2.75, 3.05) is 13.1 Å². The van der Waals surface area contributed by atoms with E-state index < -0.39 is 0 Å². The summed E-state index contributed by atoms with van der Waals surface area (Å²) in [6, 6.07) is 17.3. The fraction of sp³-hybridized carbons (Fsp3) is 0.273. The van der Waals surface area contributed by atoms with Crippen LogP contribution in [-0.4, -0.2) is 28.2 Å². The van der Waals surface area contributed by atoms with Crippen molar-refractivity contribution in [3.63, 3.8) is 0 Å². The molecule has 1 aliphatic heterocycles. The molecule has 0 amide bonds. The van der Waals surface area contributed by atoms with Crippen molar-refractivity contribution < 1.29 is 4.42 Å². The van der Waals surface area contributed by atoms with Crippen LogP contribution >= 0.6 is 11.3 Å². The van der Waals surface area contributed by atoms with Crippen LogP contribution in [0.25, 0.3) is 22.2 Å². The largest absolute Gasteiger partial charge is 0.420 e. The topological polar surface area (TPSA) is 42.2 Å². The Balaban J connectivity index is 1.25. The quantitative estimate of drug-likeness (QED) is 0.483. The molecule has 1 fully saturated rings. The predicted octanol–water partition coefficient (Wildman–Crippen LogP) is 5.33. The molecule has 2 aromatic carbocycles. The summed E-state index contributed by atoms with van der Waals surface area (Å²) in [6.07, 6.45) is 2.13. The van der Waals surface area contributed by atoms with Crippen LogP contribution in [-0.2, 0) is 6.54 Å². The molecule has 0 N–H and O–H groups in total. The minimum absolute atomic E-state index is 0.369. The van der Waals surface area contributed by atoms with Crippen LogP contribution in [0.2, 0.25) is 0 Å². The van der Waals surface area contributed by atoms with E-state index in [1.165, 1.54) is 16.3 Å². The second-order valence-corrected chi connectivity index (χ2v) is 7.93. The molecule has 1 saturated heterocycles. The van der Waals surface area contributed by atoms with Crippen molar-refractivity contribution >= 4 is 22.1 Å². The summed E-state index contributed by atoms with van der Waals surface area (Å²) in [7, 11) is 0. The number of piperidine rings is 1. The molecule has 1 aliphatic rings. The molecule has 5 rings (SSSR count). The first-order valence-electron chi connectivity index (χ1n) is 9.42. The second kappa shape index (κ2) is 7.25. The Bertz CT molecular complexity index is 1030. The molecule has 2 aromatic heterocycles. The normalized spacial score (nSPS) is 16.1. The zero-order valence-corrected chi connectivity index (χ0v) is 15.9. The summed E-state index contributed by atoms with van der Waals surface area (Å²) in [5.74, 6) is 1.80. The molecule has 4 aromatic rings. The predicted molar refractivity (Wildman–Crippen MR) is 109 cm³/mol. The van der Waals surface area contributed by atoms with Gasteiger partial charge in [0.2, 0.25) is 11.8 Å². The minimum atomic E-state index is 0.369. The van der Waals surface area contributed by atoms with Gasteiger partial charge in [-0.3, -0.25) is 4.90 Å². The van der Waals surface area contributed by atoms with Gasteiger partial charge in [0.15, 0.2) is 0 Å². The maximum atomic E-state index is 5.94. The fourth-order valence-corrected chi connectivity index (χ4v) is 4.54.